The van der Waals surface area contributed by atoms with Crippen molar-refractivity contribution in [3.63, 3.8) is 0 Å². The molecule has 0 aromatic rings. The van der Waals surface area contributed by atoms with Crippen LogP contribution in [0.5, 0.6) is 0 Å². The molecule has 0 radical (unpaired) electrons. The summed E-state index contributed by atoms with van der Waals surface area (Å²) in [5.41, 5.74) is 2.27. The zero-order valence-corrected chi connectivity index (χ0v) is 21.3. The molecule has 186 valence electrons. The van der Waals surface area contributed by atoms with Crippen LogP contribution in [0.3, 0.4) is 0 Å². The molecule has 0 bridgehead atoms. The molecule has 1 saturated carbocycles. The first-order valence-corrected chi connectivity index (χ1v) is 11.7. The maximum Gasteiger partial charge on any atom is 0.303 e. The monoisotopic (exact) mass is 464 g/mol. The molecule has 0 spiro atoms. The first-order chi connectivity index (χ1) is 15.2. The normalized spacial score (nSPS) is 31.5. The van der Waals surface area contributed by atoms with Crippen LogP contribution < -0.4 is 0 Å². The first kappa shape index (κ1) is 27.1. The Hall–Kier alpha value is -2.15. The van der Waals surface area contributed by atoms with Crippen molar-refractivity contribution in [1.29, 1.82) is 0 Å². The zero-order chi connectivity index (χ0) is 25.1. The molecule has 0 amide bonds. The number of fused-ring (bicyclic) bond motifs is 1. The van der Waals surface area contributed by atoms with Gasteiger partial charge in [0.05, 0.1) is 6.61 Å². The number of esters is 3. The number of aliphatic hydroxyl groups excluding tert-OH is 1. The lowest BCUT2D eigenvalue weighted by Gasteiger charge is -2.60. The number of allylic oxidation sites excluding steroid dienone is 2. The van der Waals surface area contributed by atoms with E-state index >= 15 is 0 Å². The van der Waals surface area contributed by atoms with E-state index in [-0.39, 0.29) is 30.0 Å². The van der Waals surface area contributed by atoms with Gasteiger partial charge in [0.15, 0.2) is 6.10 Å². The minimum absolute atomic E-state index is 0.0179. The average Bonchev–Trinajstić information content (AvgIpc) is 2.62. The standard InChI is InChI=1S/C26H40O7/c1-15(11-12-27)9-10-21-16(2)22(32-18(4)29)23(33-19(5)30)24-25(6,7)13-20(31-17(3)28)14-26(21,24)8/h11,20,22-24,27H,9-10,12-14H2,1-8H3/b15-11+/t20?,22?,23?,24?,26-/m1/s1. The largest absolute Gasteiger partial charge is 0.463 e. The van der Waals surface area contributed by atoms with Crippen LogP contribution >= 0.6 is 0 Å². The zero-order valence-electron chi connectivity index (χ0n) is 21.3. The second kappa shape index (κ2) is 10.4. The number of rotatable bonds is 7. The summed E-state index contributed by atoms with van der Waals surface area (Å²) in [6, 6.07) is 0. The van der Waals surface area contributed by atoms with Gasteiger partial charge in [-0.2, -0.15) is 0 Å². The van der Waals surface area contributed by atoms with Crippen molar-refractivity contribution < 1.29 is 33.7 Å². The molecule has 5 atom stereocenters. The molecule has 4 unspecified atom stereocenters. The summed E-state index contributed by atoms with van der Waals surface area (Å²) < 4.78 is 17.3. The molecule has 33 heavy (non-hydrogen) atoms. The second-order valence-electron chi connectivity index (χ2n) is 10.5. The summed E-state index contributed by atoms with van der Waals surface area (Å²) in [6.07, 6.45) is 2.87. The smallest absolute Gasteiger partial charge is 0.303 e. The Morgan fingerprint density at radius 1 is 0.970 bits per heavy atom. The molecule has 2 rings (SSSR count). The van der Waals surface area contributed by atoms with Crippen molar-refractivity contribution >= 4 is 17.9 Å². The summed E-state index contributed by atoms with van der Waals surface area (Å²) in [6.45, 7) is 14.4. The van der Waals surface area contributed by atoms with Gasteiger partial charge in [0.25, 0.3) is 0 Å². The Kier molecular flexibility index (Phi) is 8.55. The third-order valence-corrected chi connectivity index (χ3v) is 7.29. The van der Waals surface area contributed by atoms with Gasteiger partial charge in [0, 0.05) is 26.7 Å². The van der Waals surface area contributed by atoms with Crippen LogP contribution in [0.1, 0.15) is 81.1 Å². The summed E-state index contributed by atoms with van der Waals surface area (Å²) >= 11 is 0. The quantitative estimate of drug-likeness (QED) is 0.341. The molecule has 1 N–H and O–H groups in total. The lowest BCUT2D eigenvalue weighted by Crippen LogP contribution is -2.61. The molecule has 0 heterocycles. The summed E-state index contributed by atoms with van der Waals surface area (Å²) in [7, 11) is 0. The Balaban J connectivity index is 2.68. The predicted octanol–water partition coefficient (Wildman–Crippen LogP) is 4.27. The van der Waals surface area contributed by atoms with Crippen LogP contribution in [-0.4, -0.2) is 47.9 Å². The van der Waals surface area contributed by atoms with E-state index in [1.807, 2.05) is 13.8 Å². The number of carbonyl (C=O) groups excluding carboxylic acids is 3. The van der Waals surface area contributed by atoms with Crippen molar-refractivity contribution in [2.24, 2.45) is 16.7 Å². The maximum absolute atomic E-state index is 12.1. The molecule has 1 fully saturated rings. The number of carbonyl (C=O) groups is 3. The van der Waals surface area contributed by atoms with E-state index in [1.54, 1.807) is 6.08 Å². The highest BCUT2D eigenvalue weighted by atomic mass is 16.6. The minimum atomic E-state index is -0.675. The van der Waals surface area contributed by atoms with Gasteiger partial charge < -0.3 is 19.3 Å². The average molecular weight is 465 g/mol. The topological polar surface area (TPSA) is 99.1 Å². The van der Waals surface area contributed by atoms with Crippen LogP contribution in [0.25, 0.3) is 0 Å². The van der Waals surface area contributed by atoms with E-state index in [1.165, 1.54) is 20.8 Å². The summed E-state index contributed by atoms with van der Waals surface area (Å²) in [4.78, 5) is 36.0. The predicted molar refractivity (Wildman–Crippen MR) is 124 cm³/mol. The van der Waals surface area contributed by atoms with E-state index in [0.717, 1.165) is 23.1 Å². The lowest BCUT2D eigenvalue weighted by atomic mass is 9.47. The number of aliphatic hydroxyl groups is 1. The lowest BCUT2D eigenvalue weighted by molar-refractivity contribution is -0.194. The van der Waals surface area contributed by atoms with Gasteiger partial charge in [-0.25, -0.2) is 0 Å². The van der Waals surface area contributed by atoms with Gasteiger partial charge in [-0.1, -0.05) is 38.0 Å². The van der Waals surface area contributed by atoms with Crippen LogP contribution in [-0.2, 0) is 28.6 Å². The molecule has 7 nitrogen and oxygen atoms in total. The molecular weight excluding hydrogens is 424 g/mol. The molecule has 2 aliphatic rings. The maximum atomic E-state index is 12.1. The van der Waals surface area contributed by atoms with E-state index in [4.69, 9.17) is 14.2 Å². The fraction of sp³-hybridized carbons (Fsp3) is 0.731. The van der Waals surface area contributed by atoms with E-state index in [9.17, 15) is 19.5 Å². The first-order valence-electron chi connectivity index (χ1n) is 11.7. The highest BCUT2D eigenvalue weighted by molar-refractivity contribution is 5.68. The molecule has 0 aromatic carbocycles. The second-order valence-corrected chi connectivity index (χ2v) is 10.5. The highest BCUT2D eigenvalue weighted by Crippen LogP contribution is 2.62. The summed E-state index contributed by atoms with van der Waals surface area (Å²) in [5.74, 6) is -1.31. The highest BCUT2D eigenvalue weighted by Gasteiger charge is 2.61. The Morgan fingerprint density at radius 3 is 2.06 bits per heavy atom. The number of hydrogen-bond donors (Lipinski definition) is 1. The third kappa shape index (κ3) is 6.05. The van der Waals surface area contributed by atoms with E-state index in [0.29, 0.717) is 19.3 Å². The minimum Gasteiger partial charge on any atom is -0.463 e. The van der Waals surface area contributed by atoms with Gasteiger partial charge in [-0.05, 0) is 55.9 Å². The van der Waals surface area contributed by atoms with Crippen LogP contribution in [0.4, 0.5) is 0 Å². The fourth-order valence-corrected chi connectivity index (χ4v) is 6.45. The van der Waals surface area contributed by atoms with Crippen LogP contribution in [0, 0.1) is 16.7 Å². The van der Waals surface area contributed by atoms with Crippen molar-refractivity contribution in [2.75, 3.05) is 6.61 Å². The summed E-state index contributed by atoms with van der Waals surface area (Å²) in [5, 5.41) is 9.27. The molecule has 0 aliphatic heterocycles. The van der Waals surface area contributed by atoms with Gasteiger partial charge in [-0.15, -0.1) is 0 Å². The van der Waals surface area contributed by atoms with Gasteiger partial charge in [0.1, 0.15) is 12.2 Å². The third-order valence-electron chi connectivity index (χ3n) is 7.29. The Labute approximate surface area is 197 Å². The van der Waals surface area contributed by atoms with E-state index < -0.39 is 29.6 Å². The van der Waals surface area contributed by atoms with Gasteiger partial charge in [-0.3, -0.25) is 14.4 Å². The molecule has 0 aromatic heterocycles. The molecule has 2 aliphatic carbocycles. The van der Waals surface area contributed by atoms with Gasteiger partial charge in [0.2, 0.25) is 0 Å². The number of hydrogen-bond acceptors (Lipinski definition) is 7. The van der Waals surface area contributed by atoms with Crippen LogP contribution in [0.2, 0.25) is 0 Å². The van der Waals surface area contributed by atoms with Crippen molar-refractivity contribution in [1.82, 2.24) is 0 Å². The SMILES string of the molecule is CC(=O)OC1CC(C)(C)C2C(OC(C)=O)C(OC(C)=O)C(C)=C(CC/C(C)=C/CO)[C@@]2(C)C1. The van der Waals surface area contributed by atoms with Crippen molar-refractivity contribution in [2.45, 2.75) is 99.4 Å². The Bertz CT molecular complexity index is 838. The molecular formula is C26H40O7. The van der Waals surface area contributed by atoms with E-state index in [2.05, 4.69) is 20.8 Å². The van der Waals surface area contributed by atoms with Gasteiger partial charge >= 0.3 is 17.9 Å². The van der Waals surface area contributed by atoms with Crippen LogP contribution in [0.15, 0.2) is 22.8 Å². The molecule has 7 heteroatoms. The molecule has 0 saturated heterocycles. The van der Waals surface area contributed by atoms with Crippen molar-refractivity contribution in [3.05, 3.63) is 22.8 Å². The Morgan fingerprint density at radius 2 is 1.55 bits per heavy atom. The van der Waals surface area contributed by atoms with Crippen molar-refractivity contribution in [3.8, 4) is 0 Å². The number of ether oxygens (including phenoxy) is 3. The fourth-order valence-electron chi connectivity index (χ4n) is 6.45.